The van der Waals surface area contributed by atoms with Crippen LogP contribution in [0.2, 0.25) is 5.02 Å². The van der Waals surface area contributed by atoms with Crippen molar-refractivity contribution in [1.82, 2.24) is 24.4 Å². The van der Waals surface area contributed by atoms with E-state index >= 15 is 0 Å². The predicted octanol–water partition coefficient (Wildman–Crippen LogP) is 3.02. The number of hydrogen-bond acceptors (Lipinski definition) is 4. The van der Waals surface area contributed by atoms with E-state index in [1.807, 2.05) is 0 Å². The number of anilines is 1. The van der Waals surface area contributed by atoms with Crippen LogP contribution in [0.5, 0.6) is 0 Å². The van der Waals surface area contributed by atoms with Crippen molar-refractivity contribution in [2.24, 2.45) is 0 Å². The van der Waals surface area contributed by atoms with Crippen LogP contribution in [0.4, 0.5) is 10.2 Å². The third-order valence-electron chi connectivity index (χ3n) is 3.68. The van der Waals surface area contributed by atoms with Crippen molar-refractivity contribution >= 4 is 29.0 Å². The maximum atomic E-state index is 13.0. The highest BCUT2D eigenvalue weighted by Gasteiger charge is 2.15. The molecule has 0 aliphatic heterocycles. The molecule has 130 valence electrons. The number of amides is 1. The zero-order chi connectivity index (χ0) is 18.1. The Bertz CT molecular complexity index is 1060. The molecule has 3 aromatic heterocycles. The van der Waals surface area contributed by atoms with Crippen molar-refractivity contribution in [3.63, 3.8) is 0 Å². The Morgan fingerprint density at radius 2 is 2.04 bits per heavy atom. The molecule has 0 saturated heterocycles. The van der Waals surface area contributed by atoms with Gasteiger partial charge in [0.15, 0.2) is 17.2 Å². The minimum Gasteiger partial charge on any atom is -0.302 e. The second-order valence-corrected chi connectivity index (χ2v) is 5.96. The highest BCUT2D eigenvalue weighted by molar-refractivity contribution is 6.33. The molecule has 3 heterocycles. The lowest BCUT2D eigenvalue weighted by Crippen LogP contribution is -2.14. The monoisotopic (exact) mass is 370 g/mol. The summed E-state index contributed by atoms with van der Waals surface area (Å²) < 4.78 is 16.0. The summed E-state index contributed by atoms with van der Waals surface area (Å²) in [6.45, 7) is 0.397. The molecule has 0 aliphatic rings. The Balaban J connectivity index is 1.51. The Labute approximate surface area is 152 Å². The fraction of sp³-hybridized carbons (Fsp3) is 0.0588. The molecule has 1 aromatic carbocycles. The van der Waals surface area contributed by atoms with Crippen LogP contribution in [0.1, 0.15) is 16.1 Å². The van der Waals surface area contributed by atoms with E-state index in [0.717, 1.165) is 5.56 Å². The third-order valence-corrected chi connectivity index (χ3v) is 3.95. The highest BCUT2D eigenvalue weighted by Crippen LogP contribution is 2.21. The Morgan fingerprint density at radius 3 is 2.81 bits per heavy atom. The van der Waals surface area contributed by atoms with E-state index in [0.29, 0.717) is 17.2 Å². The maximum Gasteiger partial charge on any atom is 0.277 e. The zero-order valence-corrected chi connectivity index (χ0v) is 14.1. The van der Waals surface area contributed by atoms with Crippen molar-refractivity contribution in [2.75, 3.05) is 5.32 Å². The van der Waals surface area contributed by atoms with E-state index in [-0.39, 0.29) is 17.3 Å². The summed E-state index contributed by atoms with van der Waals surface area (Å²) in [6.07, 6.45) is 4.90. The van der Waals surface area contributed by atoms with Gasteiger partial charge in [-0.15, -0.1) is 0 Å². The van der Waals surface area contributed by atoms with E-state index < -0.39 is 5.91 Å². The van der Waals surface area contributed by atoms with Crippen molar-refractivity contribution in [1.29, 1.82) is 0 Å². The minimum absolute atomic E-state index is 0.202. The summed E-state index contributed by atoms with van der Waals surface area (Å²) in [5, 5.41) is 11.3. The topological polar surface area (TPSA) is 77.1 Å². The molecule has 26 heavy (non-hydrogen) atoms. The average molecular weight is 371 g/mol. The Morgan fingerprint density at radius 1 is 1.23 bits per heavy atom. The molecule has 0 bridgehead atoms. The van der Waals surface area contributed by atoms with Crippen LogP contribution in [0.15, 0.2) is 55.0 Å². The van der Waals surface area contributed by atoms with Crippen LogP contribution in [-0.4, -0.2) is 30.3 Å². The largest absolute Gasteiger partial charge is 0.302 e. The number of nitrogens with zero attached hydrogens (tertiary/aromatic N) is 5. The van der Waals surface area contributed by atoms with E-state index in [4.69, 9.17) is 11.6 Å². The van der Waals surface area contributed by atoms with Gasteiger partial charge in [-0.05, 0) is 23.8 Å². The molecule has 1 amide bonds. The number of fused-ring (bicyclic) bond motifs is 1. The van der Waals surface area contributed by atoms with E-state index in [2.05, 4.69) is 20.5 Å². The van der Waals surface area contributed by atoms with Crippen molar-refractivity contribution in [3.05, 3.63) is 77.1 Å². The predicted molar refractivity (Wildman–Crippen MR) is 93.7 cm³/mol. The molecule has 0 saturated carbocycles. The summed E-state index contributed by atoms with van der Waals surface area (Å²) >= 11 is 6.15. The average Bonchev–Trinajstić information content (AvgIpc) is 3.21. The van der Waals surface area contributed by atoms with Crippen molar-refractivity contribution in [2.45, 2.75) is 6.54 Å². The first kappa shape index (κ1) is 16.2. The zero-order valence-electron chi connectivity index (χ0n) is 13.3. The molecule has 0 spiro atoms. The van der Waals surface area contributed by atoms with Gasteiger partial charge in [-0.3, -0.25) is 9.48 Å². The summed E-state index contributed by atoms with van der Waals surface area (Å²) in [5.74, 6) is -0.518. The number of halogens is 2. The highest BCUT2D eigenvalue weighted by atomic mass is 35.5. The van der Waals surface area contributed by atoms with Gasteiger partial charge in [0.05, 0.1) is 6.54 Å². The number of rotatable bonds is 4. The molecule has 9 heteroatoms. The van der Waals surface area contributed by atoms with Gasteiger partial charge >= 0.3 is 0 Å². The molecule has 0 unspecified atom stereocenters. The van der Waals surface area contributed by atoms with E-state index in [9.17, 15) is 9.18 Å². The van der Waals surface area contributed by atoms with Gasteiger partial charge in [-0.2, -0.15) is 10.2 Å². The molecule has 7 nitrogen and oxygen atoms in total. The van der Waals surface area contributed by atoms with Crippen LogP contribution in [0.3, 0.4) is 0 Å². The number of aromatic nitrogens is 5. The smallest absolute Gasteiger partial charge is 0.277 e. The normalized spacial score (nSPS) is 11.0. The molecule has 0 fully saturated rings. The van der Waals surface area contributed by atoms with Gasteiger partial charge in [-0.25, -0.2) is 13.9 Å². The molecule has 0 aliphatic carbocycles. The fourth-order valence-electron chi connectivity index (χ4n) is 2.45. The van der Waals surface area contributed by atoms with Crippen LogP contribution >= 0.6 is 11.6 Å². The second-order valence-electron chi connectivity index (χ2n) is 5.56. The third kappa shape index (κ3) is 3.27. The molecule has 4 rings (SSSR count). The minimum atomic E-state index is -0.440. The summed E-state index contributed by atoms with van der Waals surface area (Å²) in [6, 6.07) is 9.36. The maximum absolute atomic E-state index is 13.0. The number of hydrogen-bond donors (Lipinski definition) is 1. The number of carbonyl (C=O) groups is 1. The van der Waals surface area contributed by atoms with Crippen LogP contribution in [-0.2, 0) is 6.54 Å². The van der Waals surface area contributed by atoms with Gasteiger partial charge in [0.2, 0.25) is 0 Å². The van der Waals surface area contributed by atoms with Gasteiger partial charge in [0.25, 0.3) is 5.91 Å². The molecular weight excluding hydrogens is 359 g/mol. The van der Waals surface area contributed by atoms with Crippen molar-refractivity contribution < 1.29 is 9.18 Å². The van der Waals surface area contributed by atoms with Gasteiger partial charge in [0.1, 0.15) is 10.8 Å². The van der Waals surface area contributed by atoms with Gasteiger partial charge in [-0.1, -0.05) is 23.7 Å². The lowest BCUT2D eigenvalue weighted by Gasteiger charge is -2.02. The Kier molecular flexibility index (Phi) is 4.10. The summed E-state index contributed by atoms with van der Waals surface area (Å²) in [5.41, 5.74) is 1.62. The molecular formula is C17H12ClFN6O. The van der Waals surface area contributed by atoms with Crippen LogP contribution in [0.25, 0.3) is 5.65 Å². The number of nitrogens with one attached hydrogen (secondary N) is 1. The van der Waals surface area contributed by atoms with Crippen molar-refractivity contribution in [3.8, 4) is 0 Å². The first-order valence-corrected chi connectivity index (χ1v) is 8.05. The molecule has 4 aromatic rings. The number of benzene rings is 1. The standard InChI is InChI=1S/C17H12ClFN6O/c18-13-10-24(9-11-2-4-12(19)5-3-11)23-16(13)21-17(26)14-8-15-20-6-1-7-25(15)22-14/h1-8,10H,9H2,(H,21,23,26). The second kappa shape index (κ2) is 6.57. The fourth-order valence-corrected chi connectivity index (χ4v) is 2.65. The van der Waals surface area contributed by atoms with Crippen LogP contribution < -0.4 is 5.32 Å². The molecule has 0 atom stereocenters. The quantitative estimate of drug-likeness (QED) is 0.599. The summed E-state index contributed by atoms with van der Waals surface area (Å²) in [4.78, 5) is 16.5. The lowest BCUT2D eigenvalue weighted by atomic mass is 10.2. The van der Waals surface area contributed by atoms with E-state index in [1.54, 1.807) is 47.5 Å². The number of carbonyl (C=O) groups excluding carboxylic acids is 1. The molecule has 1 N–H and O–H groups in total. The SMILES string of the molecule is O=C(Nc1nn(Cc2ccc(F)cc2)cc1Cl)c1cc2ncccn2n1. The van der Waals surface area contributed by atoms with Crippen LogP contribution in [0, 0.1) is 5.82 Å². The van der Waals surface area contributed by atoms with Gasteiger partial charge < -0.3 is 5.32 Å². The Hall–Kier alpha value is -3.26. The van der Waals surface area contributed by atoms with Gasteiger partial charge in [0, 0.05) is 24.7 Å². The summed E-state index contributed by atoms with van der Waals surface area (Å²) in [7, 11) is 0. The van der Waals surface area contributed by atoms with E-state index in [1.165, 1.54) is 16.6 Å². The first-order chi connectivity index (χ1) is 12.6. The lowest BCUT2D eigenvalue weighted by molar-refractivity contribution is 0.102. The molecule has 0 radical (unpaired) electrons. The first-order valence-electron chi connectivity index (χ1n) is 7.67.